The van der Waals surface area contributed by atoms with Crippen molar-refractivity contribution in [1.29, 1.82) is 0 Å². The van der Waals surface area contributed by atoms with E-state index in [0.717, 1.165) is 11.6 Å². The van der Waals surface area contributed by atoms with Crippen LogP contribution in [0.3, 0.4) is 0 Å². The highest BCUT2D eigenvalue weighted by Crippen LogP contribution is 2.41. The molecular formula is C33H31F3N4O5. The second kappa shape index (κ2) is 12.8. The van der Waals surface area contributed by atoms with Crippen LogP contribution in [0.1, 0.15) is 18.2 Å². The number of alkyl halides is 3. The lowest BCUT2D eigenvalue weighted by Crippen LogP contribution is -2.14. The predicted molar refractivity (Wildman–Crippen MR) is 163 cm³/mol. The van der Waals surface area contributed by atoms with Gasteiger partial charge in [0.25, 0.3) is 5.95 Å². The lowest BCUT2D eigenvalue weighted by atomic mass is 9.99. The van der Waals surface area contributed by atoms with Crippen molar-refractivity contribution in [3.8, 4) is 68.5 Å². The van der Waals surface area contributed by atoms with Gasteiger partial charge in [0.2, 0.25) is 0 Å². The molecule has 0 N–H and O–H groups in total. The number of ether oxygens (including phenoxy) is 5. The number of nitrogens with zero attached hydrogens (tertiary/aromatic N) is 4. The predicted octanol–water partition coefficient (Wildman–Crippen LogP) is 7.29. The Bertz CT molecular complexity index is 1840. The summed E-state index contributed by atoms with van der Waals surface area (Å²) in [6.45, 7) is 1.94. The van der Waals surface area contributed by atoms with Crippen LogP contribution in [0.5, 0.6) is 28.7 Å². The van der Waals surface area contributed by atoms with Crippen molar-refractivity contribution in [2.24, 2.45) is 0 Å². The molecule has 0 bridgehead atoms. The van der Waals surface area contributed by atoms with Gasteiger partial charge in [-0.25, -0.2) is 9.97 Å². The molecule has 0 atom stereocenters. The zero-order valence-electron chi connectivity index (χ0n) is 25.5. The average Bonchev–Trinajstić information content (AvgIpc) is 3.46. The zero-order chi connectivity index (χ0) is 32.3. The summed E-state index contributed by atoms with van der Waals surface area (Å²) in [6, 6.07) is 18.1. The molecule has 0 aliphatic carbocycles. The summed E-state index contributed by atoms with van der Waals surface area (Å²) < 4.78 is 71.4. The lowest BCUT2D eigenvalue weighted by molar-refractivity contribution is -0.141. The van der Waals surface area contributed by atoms with E-state index < -0.39 is 11.9 Å². The molecule has 0 saturated carbocycles. The maximum absolute atomic E-state index is 14.3. The Morgan fingerprint density at radius 3 is 1.87 bits per heavy atom. The van der Waals surface area contributed by atoms with Gasteiger partial charge in [0.1, 0.15) is 5.75 Å². The normalized spacial score (nSPS) is 11.3. The van der Waals surface area contributed by atoms with E-state index in [9.17, 15) is 13.2 Å². The minimum Gasteiger partial charge on any atom is -0.497 e. The molecule has 0 radical (unpaired) electrons. The standard InChI is InChI=1S/C33H31F3N4O5/c1-7-23-30(20-11-13-25(42-3)27(16-20)44-5)39-40(31(23)21-12-14-26(43-4)28(17-21)45-6)32-37-24(18-29(38-32)33(34,35)36)19-9-8-10-22(15-19)41-2/h8-18H,7H2,1-6H3. The number of halogens is 3. The van der Waals surface area contributed by atoms with E-state index in [1.807, 2.05) is 6.92 Å². The topological polar surface area (TPSA) is 89.8 Å². The van der Waals surface area contributed by atoms with Crippen LogP contribution in [0.2, 0.25) is 0 Å². The van der Waals surface area contributed by atoms with Gasteiger partial charge in [-0.15, -0.1) is 0 Å². The molecule has 12 heteroatoms. The van der Waals surface area contributed by atoms with Gasteiger partial charge in [-0.05, 0) is 61.0 Å². The molecule has 0 unspecified atom stereocenters. The van der Waals surface area contributed by atoms with Crippen molar-refractivity contribution in [1.82, 2.24) is 19.7 Å². The second-order valence-corrected chi connectivity index (χ2v) is 9.75. The molecule has 45 heavy (non-hydrogen) atoms. The number of aromatic nitrogens is 4. The second-order valence-electron chi connectivity index (χ2n) is 9.75. The fourth-order valence-electron chi connectivity index (χ4n) is 5.03. The van der Waals surface area contributed by atoms with Crippen LogP contribution < -0.4 is 23.7 Å². The molecule has 0 saturated heterocycles. The highest BCUT2D eigenvalue weighted by molar-refractivity contribution is 5.78. The summed E-state index contributed by atoms with van der Waals surface area (Å²) in [5.74, 6) is 2.10. The third kappa shape index (κ3) is 6.08. The number of rotatable bonds is 10. The minimum atomic E-state index is -4.76. The van der Waals surface area contributed by atoms with Gasteiger partial charge in [0.15, 0.2) is 28.7 Å². The summed E-state index contributed by atoms with van der Waals surface area (Å²) in [7, 11) is 7.55. The molecule has 3 aromatic carbocycles. The number of hydrogen-bond donors (Lipinski definition) is 0. The van der Waals surface area contributed by atoms with E-state index in [2.05, 4.69) is 9.97 Å². The molecule has 0 fully saturated rings. The average molecular weight is 621 g/mol. The molecule has 9 nitrogen and oxygen atoms in total. The maximum Gasteiger partial charge on any atom is 0.433 e. The van der Waals surface area contributed by atoms with Gasteiger partial charge < -0.3 is 23.7 Å². The number of hydrogen-bond acceptors (Lipinski definition) is 8. The fraction of sp³-hybridized carbons (Fsp3) is 0.242. The smallest absolute Gasteiger partial charge is 0.433 e. The molecule has 0 aliphatic rings. The lowest BCUT2D eigenvalue weighted by Gasteiger charge is -2.14. The summed E-state index contributed by atoms with van der Waals surface area (Å²) in [5, 5.41) is 4.85. The Hall–Kier alpha value is -5.26. The van der Waals surface area contributed by atoms with E-state index in [4.69, 9.17) is 28.8 Å². The maximum atomic E-state index is 14.3. The van der Waals surface area contributed by atoms with E-state index in [1.54, 1.807) is 60.7 Å². The zero-order valence-corrected chi connectivity index (χ0v) is 25.5. The van der Waals surface area contributed by atoms with Crippen LogP contribution >= 0.6 is 0 Å². The van der Waals surface area contributed by atoms with Crippen LogP contribution in [-0.4, -0.2) is 55.3 Å². The van der Waals surface area contributed by atoms with Gasteiger partial charge in [-0.3, -0.25) is 0 Å². The Morgan fingerprint density at radius 1 is 0.667 bits per heavy atom. The Labute approximate surface area is 258 Å². The Balaban J connectivity index is 1.85. The highest BCUT2D eigenvalue weighted by atomic mass is 19.4. The van der Waals surface area contributed by atoms with Gasteiger partial charge in [-0.1, -0.05) is 19.1 Å². The summed E-state index contributed by atoms with van der Waals surface area (Å²) in [6.07, 6.45) is -4.29. The minimum absolute atomic E-state index is 0.0469. The summed E-state index contributed by atoms with van der Waals surface area (Å²) in [5.41, 5.74) is 2.33. The molecule has 2 heterocycles. The first-order valence-corrected chi connectivity index (χ1v) is 13.8. The highest BCUT2D eigenvalue weighted by Gasteiger charge is 2.35. The first-order chi connectivity index (χ1) is 21.6. The van der Waals surface area contributed by atoms with Crippen LogP contribution in [0, 0.1) is 0 Å². The van der Waals surface area contributed by atoms with E-state index >= 15 is 0 Å². The summed E-state index contributed by atoms with van der Waals surface area (Å²) >= 11 is 0. The quantitative estimate of drug-likeness (QED) is 0.161. The third-order valence-corrected chi connectivity index (χ3v) is 7.21. The van der Waals surface area contributed by atoms with E-state index in [0.29, 0.717) is 63.2 Å². The number of benzene rings is 3. The first-order valence-electron chi connectivity index (χ1n) is 13.8. The molecule has 2 aromatic heterocycles. The van der Waals surface area contributed by atoms with Gasteiger partial charge in [0.05, 0.1) is 52.6 Å². The van der Waals surface area contributed by atoms with Gasteiger partial charge in [-0.2, -0.15) is 23.0 Å². The molecular weight excluding hydrogens is 589 g/mol. The molecule has 0 spiro atoms. The van der Waals surface area contributed by atoms with Gasteiger partial charge >= 0.3 is 6.18 Å². The third-order valence-electron chi connectivity index (χ3n) is 7.21. The number of methoxy groups -OCH3 is 5. The Kier molecular flexibility index (Phi) is 8.84. The van der Waals surface area contributed by atoms with Gasteiger partial charge in [0, 0.05) is 22.3 Å². The van der Waals surface area contributed by atoms with E-state index in [1.165, 1.54) is 40.2 Å². The van der Waals surface area contributed by atoms with Crippen LogP contribution in [0.25, 0.3) is 39.7 Å². The first kappa shape index (κ1) is 31.2. The molecule has 0 amide bonds. The van der Waals surface area contributed by atoms with Crippen molar-refractivity contribution in [2.45, 2.75) is 19.5 Å². The van der Waals surface area contributed by atoms with Crippen molar-refractivity contribution in [3.63, 3.8) is 0 Å². The van der Waals surface area contributed by atoms with Crippen molar-refractivity contribution in [2.75, 3.05) is 35.5 Å². The van der Waals surface area contributed by atoms with Crippen LogP contribution in [0.4, 0.5) is 13.2 Å². The van der Waals surface area contributed by atoms with Crippen molar-refractivity contribution < 1.29 is 36.9 Å². The van der Waals surface area contributed by atoms with E-state index in [-0.39, 0.29) is 11.6 Å². The molecule has 234 valence electrons. The molecule has 0 aliphatic heterocycles. The molecule has 5 rings (SSSR count). The SMILES string of the molecule is CCc1c(-c2ccc(OC)c(OC)c2)nn(-c2nc(-c3cccc(OC)c3)cc(C(F)(F)F)n2)c1-c1ccc(OC)c(OC)c1. The summed E-state index contributed by atoms with van der Waals surface area (Å²) in [4.78, 5) is 8.58. The van der Waals surface area contributed by atoms with Crippen LogP contribution in [0.15, 0.2) is 66.7 Å². The largest absolute Gasteiger partial charge is 0.497 e. The van der Waals surface area contributed by atoms with Crippen LogP contribution in [-0.2, 0) is 12.6 Å². The Morgan fingerprint density at radius 2 is 1.29 bits per heavy atom. The van der Waals surface area contributed by atoms with Crippen molar-refractivity contribution in [3.05, 3.63) is 78.0 Å². The fourth-order valence-corrected chi connectivity index (χ4v) is 5.03. The monoisotopic (exact) mass is 620 g/mol. The molecule has 5 aromatic rings. The van der Waals surface area contributed by atoms with Crippen molar-refractivity contribution >= 4 is 0 Å².